The molecule has 0 spiro atoms. The van der Waals surface area contributed by atoms with E-state index in [4.69, 9.17) is 0 Å². The van der Waals surface area contributed by atoms with Crippen molar-refractivity contribution in [1.29, 1.82) is 0 Å². The van der Waals surface area contributed by atoms with Crippen LogP contribution in [0.5, 0.6) is 0 Å². The third-order valence-electron chi connectivity index (χ3n) is 4.72. The first-order valence-corrected chi connectivity index (χ1v) is 8.89. The number of aromatic nitrogens is 2. The largest absolute Gasteiger partial charge is 0.345 e. The van der Waals surface area contributed by atoms with Gasteiger partial charge in [0.05, 0.1) is 11.6 Å². The number of benzene rings is 1. The number of rotatable bonds is 8. The van der Waals surface area contributed by atoms with Gasteiger partial charge in [0.1, 0.15) is 5.82 Å². The lowest BCUT2D eigenvalue weighted by atomic mass is 10.0. The Bertz CT molecular complexity index is 700. The zero-order valence-electron chi connectivity index (χ0n) is 15.0. The minimum Gasteiger partial charge on any atom is -0.345 e. The Morgan fingerprint density at radius 3 is 2.62 bits per heavy atom. The topological polar surface area (TPSA) is 61.0 Å². The molecule has 1 aliphatic rings. The van der Waals surface area contributed by atoms with E-state index >= 15 is 0 Å². The highest BCUT2D eigenvalue weighted by Gasteiger charge is 2.27. The van der Waals surface area contributed by atoms with Gasteiger partial charge < -0.3 is 10.2 Å². The van der Waals surface area contributed by atoms with Crippen LogP contribution in [0.25, 0.3) is 11.3 Å². The van der Waals surface area contributed by atoms with E-state index in [0.717, 1.165) is 62.3 Å². The molecule has 2 aromatic rings. The summed E-state index contributed by atoms with van der Waals surface area (Å²) in [5, 5.41) is 10.5. The highest BCUT2D eigenvalue weighted by molar-refractivity contribution is 5.85. The summed E-state index contributed by atoms with van der Waals surface area (Å²) in [7, 11) is 1.89. The van der Waals surface area contributed by atoms with Crippen molar-refractivity contribution in [2.45, 2.75) is 25.7 Å². The smallest absolute Gasteiger partial charge is 0.227 e. The van der Waals surface area contributed by atoms with Crippen molar-refractivity contribution < 1.29 is 9.18 Å². The lowest BCUT2D eigenvalue weighted by Crippen LogP contribution is -2.51. The number of hydrogen-bond acceptors (Lipinski definition) is 3. The maximum Gasteiger partial charge on any atom is 0.227 e. The quantitative estimate of drug-likeness (QED) is 0.692. The molecule has 1 aliphatic heterocycles. The molecule has 0 atom stereocenters. The van der Waals surface area contributed by atoms with E-state index in [0.29, 0.717) is 0 Å². The fourth-order valence-corrected chi connectivity index (χ4v) is 2.98. The van der Waals surface area contributed by atoms with Crippen molar-refractivity contribution in [2.75, 3.05) is 26.7 Å². The molecule has 142 valence electrons. The van der Waals surface area contributed by atoms with E-state index in [2.05, 4.69) is 15.5 Å². The lowest BCUT2D eigenvalue weighted by Gasteiger charge is -2.30. The SMILES string of the molecule is CN(CCCCCc1cc(-c2ccc(F)cc2)n[nH]1)C(=O)C1CNC1.Cl. The van der Waals surface area contributed by atoms with E-state index in [1.54, 1.807) is 12.1 Å². The van der Waals surface area contributed by atoms with Gasteiger partial charge in [-0.1, -0.05) is 6.42 Å². The second kappa shape index (κ2) is 9.69. The van der Waals surface area contributed by atoms with E-state index in [9.17, 15) is 9.18 Å². The first-order valence-electron chi connectivity index (χ1n) is 8.89. The summed E-state index contributed by atoms with van der Waals surface area (Å²) < 4.78 is 13.0. The second-order valence-corrected chi connectivity index (χ2v) is 6.71. The molecule has 3 rings (SSSR count). The van der Waals surface area contributed by atoms with Crippen molar-refractivity contribution in [2.24, 2.45) is 5.92 Å². The number of H-pyrrole nitrogens is 1. The van der Waals surface area contributed by atoms with Gasteiger partial charge in [-0.05, 0) is 49.6 Å². The number of aromatic amines is 1. The molecular weight excluding hydrogens is 355 g/mol. The molecule has 1 fully saturated rings. The number of nitrogens with one attached hydrogen (secondary N) is 2. The van der Waals surface area contributed by atoms with E-state index in [-0.39, 0.29) is 30.0 Å². The summed E-state index contributed by atoms with van der Waals surface area (Å²) in [6, 6.07) is 8.38. The van der Waals surface area contributed by atoms with Crippen LogP contribution in [0.2, 0.25) is 0 Å². The minimum atomic E-state index is -0.239. The van der Waals surface area contributed by atoms with Crippen molar-refractivity contribution in [1.82, 2.24) is 20.4 Å². The Labute approximate surface area is 159 Å². The van der Waals surface area contributed by atoms with Gasteiger partial charge in [-0.25, -0.2) is 4.39 Å². The molecule has 1 amide bonds. The van der Waals surface area contributed by atoms with Crippen LogP contribution in [0.4, 0.5) is 4.39 Å². The summed E-state index contributed by atoms with van der Waals surface area (Å²) in [4.78, 5) is 13.9. The number of carbonyl (C=O) groups is 1. The molecule has 1 aromatic carbocycles. The molecule has 0 radical (unpaired) electrons. The zero-order valence-corrected chi connectivity index (χ0v) is 15.8. The van der Waals surface area contributed by atoms with Crippen LogP contribution in [0.15, 0.2) is 30.3 Å². The van der Waals surface area contributed by atoms with Gasteiger partial charge in [-0.3, -0.25) is 9.89 Å². The number of carbonyl (C=O) groups excluding carboxylic acids is 1. The molecule has 0 unspecified atom stereocenters. The van der Waals surface area contributed by atoms with Crippen LogP contribution in [-0.4, -0.2) is 47.7 Å². The van der Waals surface area contributed by atoms with Crippen molar-refractivity contribution in [3.63, 3.8) is 0 Å². The first kappa shape index (κ1) is 20.4. The summed E-state index contributed by atoms with van der Waals surface area (Å²) >= 11 is 0. The average molecular weight is 381 g/mol. The molecule has 2 heterocycles. The third-order valence-corrected chi connectivity index (χ3v) is 4.72. The molecule has 26 heavy (non-hydrogen) atoms. The highest BCUT2D eigenvalue weighted by Crippen LogP contribution is 2.19. The maximum absolute atomic E-state index is 13.0. The van der Waals surface area contributed by atoms with Crippen LogP contribution in [0.3, 0.4) is 0 Å². The Kier molecular flexibility index (Phi) is 7.60. The summed E-state index contributed by atoms with van der Waals surface area (Å²) in [6.07, 6.45) is 4.07. The van der Waals surface area contributed by atoms with Crippen molar-refractivity contribution in [3.05, 3.63) is 41.8 Å². The molecule has 5 nitrogen and oxygen atoms in total. The average Bonchev–Trinajstić information content (AvgIpc) is 3.02. The second-order valence-electron chi connectivity index (χ2n) is 6.71. The Morgan fingerprint density at radius 1 is 1.23 bits per heavy atom. The number of halogens is 2. The number of unbranched alkanes of at least 4 members (excludes halogenated alkanes) is 2. The number of aryl methyl sites for hydroxylation is 1. The predicted molar refractivity (Wildman–Crippen MR) is 103 cm³/mol. The summed E-state index contributed by atoms with van der Waals surface area (Å²) in [6.45, 7) is 2.46. The van der Waals surface area contributed by atoms with Crippen LogP contribution < -0.4 is 5.32 Å². The first-order chi connectivity index (χ1) is 12.1. The van der Waals surface area contributed by atoms with Crippen molar-refractivity contribution in [3.8, 4) is 11.3 Å². The number of amides is 1. The minimum absolute atomic E-state index is 0. The molecular formula is C19H26ClFN4O. The van der Waals surface area contributed by atoms with Crippen LogP contribution in [0, 0.1) is 11.7 Å². The van der Waals surface area contributed by atoms with E-state index in [1.165, 1.54) is 12.1 Å². The Balaban J connectivity index is 0.00000243. The molecule has 7 heteroatoms. The van der Waals surface area contributed by atoms with Gasteiger partial charge in [0.2, 0.25) is 5.91 Å². The molecule has 1 saturated heterocycles. The van der Waals surface area contributed by atoms with E-state index in [1.807, 2.05) is 18.0 Å². The van der Waals surface area contributed by atoms with E-state index < -0.39 is 0 Å². The summed E-state index contributed by atoms with van der Waals surface area (Å²) in [5.74, 6) is 0.202. The summed E-state index contributed by atoms with van der Waals surface area (Å²) in [5.41, 5.74) is 2.84. The Morgan fingerprint density at radius 2 is 1.96 bits per heavy atom. The lowest BCUT2D eigenvalue weighted by molar-refractivity contribution is -0.135. The fraction of sp³-hybridized carbons (Fsp3) is 0.474. The van der Waals surface area contributed by atoms with Gasteiger partial charge >= 0.3 is 0 Å². The maximum atomic E-state index is 13.0. The highest BCUT2D eigenvalue weighted by atomic mass is 35.5. The Hall–Kier alpha value is -1.92. The van der Waals surface area contributed by atoms with Gasteiger partial charge in [0, 0.05) is 37.9 Å². The van der Waals surface area contributed by atoms with Crippen molar-refractivity contribution >= 4 is 18.3 Å². The standard InChI is InChI=1S/C19H25FN4O.ClH/c1-24(19(25)15-12-21-13-15)10-4-2-3-5-17-11-18(23-22-17)14-6-8-16(20)9-7-14;/h6-9,11,15,21H,2-5,10,12-13H2,1H3,(H,22,23);1H. The number of nitrogens with zero attached hydrogens (tertiary/aromatic N) is 2. The monoisotopic (exact) mass is 380 g/mol. The van der Waals surface area contributed by atoms with Gasteiger partial charge in [-0.2, -0.15) is 5.10 Å². The predicted octanol–water partition coefficient (Wildman–Crippen LogP) is 3.03. The molecule has 1 aromatic heterocycles. The molecule has 0 saturated carbocycles. The zero-order chi connectivity index (χ0) is 17.6. The molecule has 0 aliphatic carbocycles. The van der Waals surface area contributed by atoms with Crippen LogP contribution in [0.1, 0.15) is 25.0 Å². The number of hydrogen-bond donors (Lipinski definition) is 2. The molecule has 0 bridgehead atoms. The van der Waals surface area contributed by atoms with Gasteiger partial charge in [-0.15, -0.1) is 12.4 Å². The fourth-order valence-electron chi connectivity index (χ4n) is 2.98. The van der Waals surface area contributed by atoms with Crippen LogP contribution in [-0.2, 0) is 11.2 Å². The van der Waals surface area contributed by atoms with Gasteiger partial charge in [0.15, 0.2) is 0 Å². The molecule has 2 N–H and O–H groups in total. The van der Waals surface area contributed by atoms with Gasteiger partial charge in [0.25, 0.3) is 0 Å². The third kappa shape index (κ3) is 5.29. The van der Waals surface area contributed by atoms with Crippen LogP contribution >= 0.6 is 12.4 Å². The normalized spacial score (nSPS) is 13.8.